The van der Waals surface area contributed by atoms with Crippen LogP contribution in [-0.4, -0.2) is 50.8 Å². The highest BCUT2D eigenvalue weighted by atomic mass is 16.5. The summed E-state index contributed by atoms with van der Waals surface area (Å²) in [5.41, 5.74) is 0. The Balaban J connectivity index is 2.07. The van der Waals surface area contributed by atoms with Gasteiger partial charge in [0, 0.05) is 19.7 Å². The lowest BCUT2D eigenvalue weighted by Gasteiger charge is -2.32. The van der Waals surface area contributed by atoms with Crippen LogP contribution in [0.15, 0.2) is 0 Å². The van der Waals surface area contributed by atoms with E-state index in [1.807, 2.05) is 0 Å². The zero-order chi connectivity index (χ0) is 12.5. The van der Waals surface area contributed by atoms with E-state index < -0.39 is 0 Å². The van der Waals surface area contributed by atoms with Gasteiger partial charge in [0.2, 0.25) is 0 Å². The first kappa shape index (κ1) is 14.9. The fourth-order valence-electron chi connectivity index (χ4n) is 2.38. The van der Waals surface area contributed by atoms with Crippen molar-refractivity contribution in [1.82, 2.24) is 10.2 Å². The molecule has 1 fully saturated rings. The van der Waals surface area contributed by atoms with Crippen LogP contribution >= 0.6 is 0 Å². The van der Waals surface area contributed by atoms with Crippen molar-refractivity contribution in [3.8, 4) is 0 Å². The largest absolute Gasteiger partial charge is 0.380 e. The summed E-state index contributed by atoms with van der Waals surface area (Å²) in [6.45, 7) is 14.3. The Bertz CT molecular complexity index is 185. The minimum atomic E-state index is 0.651. The molecule has 0 radical (unpaired) electrons. The summed E-state index contributed by atoms with van der Waals surface area (Å²) < 4.78 is 5.66. The molecular weight excluding hydrogens is 212 g/mol. The van der Waals surface area contributed by atoms with Gasteiger partial charge in [-0.05, 0) is 44.3 Å². The number of hydrogen-bond donors (Lipinski definition) is 1. The van der Waals surface area contributed by atoms with Crippen LogP contribution in [0.25, 0.3) is 0 Å². The Hall–Kier alpha value is -0.120. The second-order valence-corrected chi connectivity index (χ2v) is 5.59. The second-order valence-electron chi connectivity index (χ2n) is 5.59. The van der Waals surface area contributed by atoms with E-state index in [4.69, 9.17) is 4.74 Å². The van der Waals surface area contributed by atoms with Crippen LogP contribution in [0, 0.1) is 11.8 Å². The van der Waals surface area contributed by atoms with Crippen LogP contribution in [-0.2, 0) is 4.74 Å². The van der Waals surface area contributed by atoms with Gasteiger partial charge < -0.3 is 15.0 Å². The first-order valence-corrected chi connectivity index (χ1v) is 7.23. The molecule has 1 aliphatic heterocycles. The van der Waals surface area contributed by atoms with Gasteiger partial charge in [0.1, 0.15) is 0 Å². The van der Waals surface area contributed by atoms with Crippen molar-refractivity contribution in [2.24, 2.45) is 11.8 Å². The molecule has 0 spiro atoms. The summed E-state index contributed by atoms with van der Waals surface area (Å²) in [5.74, 6) is 1.49. The number of piperidine rings is 1. The Labute approximate surface area is 107 Å². The molecule has 1 rings (SSSR count). The first-order chi connectivity index (χ1) is 8.22. The summed E-state index contributed by atoms with van der Waals surface area (Å²) in [5, 5.41) is 3.46. The third-order valence-electron chi connectivity index (χ3n) is 3.29. The van der Waals surface area contributed by atoms with Gasteiger partial charge in [-0.15, -0.1) is 0 Å². The van der Waals surface area contributed by atoms with Crippen molar-refractivity contribution in [3.05, 3.63) is 0 Å². The van der Waals surface area contributed by atoms with Crippen molar-refractivity contribution in [2.45, 2.75) is 33.6 Å². The Kier molecular flexibility index (Phi) is 7.82. The molecule has 17 heavy (non-hydrogen) atoms. The van der Waals surface area contributed by atoms with Crippen LogP contribution < -0.4 is 5.32 Å². The fourth-order valence-corrected chi connectivity index (χ4v) is 2.38. The normalized spacial score (nSPS) is 22.2. The molecule has 1 N–H and O–H groups in total. The second kappa shape index (κ2) is 8.90. The average Bonchev–Trinajstić information content (AvgIpc) is 2.32. The van der Waals surface area contributed by atoms with Gasteiger partial charge in [0.05, 0.1) is 6.61 Å². The maximum absolute atomic E-state index is 5.66. The summed E-state index contributed by atoms with van der Waals surface area (Å²) >= 11 is 0. The van der Waals surface area contributed by atoms with Crippen LogP contribution in [0.3, 0.4) is 0 Å². The molecule has 1 saturated heterocycles. The van der Waals surface area contributed by atoms with Crippen molar-refractivity contribution >= 4 is 0 Å². The smallest absolute Gasteiger partial charge is 0.0593 e. The molecule has 1 aliphatic rings. The minimum absolute atomic E-state index is 0.651. The Morgan fingerprint density at radius 2 is 2.24 bits per heavy atom. The quantitative estimate of drug-likeness (QED) is 0.659. The van der Waals surface area contributed by atoms with E-state index in [1.165, 1.54) is 32.5 Å². The molecule has 0 aliphatic carbocycles. The lowest BCUT2D eigenvalue weighted by Crippen LogP contribution is -2.41. The van der Waals surface area contributed by atoms with E-state index in [-0.39, 0.29) is 0 Å². The number of nitrogens with zero attached hydrogens (tertiary/aromatic N) is 1. The monoisotopic (exact) mass is 242 g/mol. The van der Waals surface area contributed by atoms with E-state index in [0.29, 0.717) is 5.92 Å². The highest BCUT2D eigenvalue weighted by molar-refractivity contribution is 4.74. The minimum Gasteiger partial charge on any atom is -0.380 e. The van der Waals surface area contributed by atoms with E-state index >= 15 is 0 Å². The molecule has 3 heteroatoms. The molecule has 102 valence electrons. The molecule has 0 aromatic heterocycles. The highest BCUT2D eigenvalue weighted by Gasteiger charge is 2.18. The van der Waals surface area contributed by atoms with Crippen LogP contribution in [0.4, 0.5) is 0 Å². The molecule has 0 saturated carbocycles. The average molecular weight is 242 g/mol. The van der Waals surface area contributed by atoms with Crippen LogP contribution in [0.2, 0.25) is 0 Å². The third kappa shape index (κ3) is 7.02. The highest BCUT2D eigenvalue weighted by Crippen LogP contribution is 2.15. The number of ether oxygens (including phenoxy) is 1. The predicted molar refractivity (Wildman–Crippen MR) is 73.4 cm³/mol. The maximum Gasteiger partial charge on any atom is 0.0593 e. The number of hydrogen-bond acceptors (Lipinski definition) is 3. The zero-order valence-electron chi connectivity index (χ0n) is 11.9. The summed E-state index contributed by atoms with van der Waals surface area (Å²) in [6.07, 6.45) is 2.73. The van der Waals surface area contributed by atoms with Crippen LogP contribution in [0.1, 0.15) is 33.6 Å². The van der Waals surface area contributed by atoms with Gasteiger partial charge in [-0.3, -0.25) is 0 Å². The van der Waals surface area contributed by atoms with Crippen LogP contribution in [0.5, 0.6) is 0 Å². The fraction of sp³-hybridized carbons (Fsp3) is 1.00. The van der Waals surface area contributed by atoms with Crippen molar-refractivity contribution in [3.63, 3.8) is 0 Å². The van der Waals surface area contributed by atoms with E-state index in [0.717, 1.165) is 32.2 Å². The molecule has 0 amide bonds. The Morgan fingerprint density at radius 1 is 1.41 bits per heavy atom. The van der Waals surface area contributed by atoms with Crippen molar-refractivity contribution < 1.29 is 4.74 Å². The SMILES string of the molecule is CCNCC1CCCN(CCOCC(C)C)C1. The molecule has 1 atom stereocenters. The van der Waals surface area contributed by atoms with Crippen molar-refractivity contribution in [2.75, 3.05) is 45.9 Å². The standard InChI is InChI=1S/C14H30N2O/c1-4-15-10-14-6-5-7-16(11-14)8-9-17-12-13(2)3/h13-15H,4-12H2,1-3H3. The van der Waals surface area contributed by atoms with Gasteiger partial charge >= 0.3 is 0 Å². The molecule has 1 heterocycles. The molecule has 3 nitrogen and oxygen atoms in total. The number of nitrogens with one attached hydrogen (secondary N) is 1. The lowest BCUT2D eigenvalue weighted by atomic mass is 9.98. The van der Waals surface area contributed by atoms with E-state index in [1.54, 1.807) is 0 Å². The Morgan fingerprint density at radius 3 is 2.94 bits per heavy atom. The molecule has 1 unspecified atom stereocenters. The number of likely N-dealkylation sites (tertiary alicyclic amines) is 1. The van der Waals surface area contributed by atoms with Gasteiger partial charge in [-0.1, -0.05) is 20.8 Å². The molecule has 0 aromatic rings. The van der Waals surface area contributed by atoms with Gasteiger partial charge in [0.15, 0.2) is 0 Å². The summed E-state index contributed by atoms with van der Waals surface area (Å²) in [4.78, 5) is 2.56. The van der Waals surface area contributed by atoms with E-state index in [9.17, 15) is 0 Å². The molecular formula is C14H30N2O. The first-order valence-electron chi connectivity index (χ1n) is 7.23. The summed E-state index contributed by atoms with van der Waals surface area (Å²) in [7, 11) is 0. The third-order valence-corrected chi connectivity index (χ3v) is 3.29. The predicted octanol–water partition coefficient (Wildman–Crippen LogP) is 1.98. The van der Waals surface area contributed by atoms with E-state index in [2.05, 4.69) is 31.0 Å². The van der Waals surface area contributed by atoms with Gasteiger partial charge in [-0.2, -0.15) is 0 Å². The lowest BCUT2D eigenvalue weighted by molar-refractivity contribution is 0.0711. The maximum atomic E-state index is 5.66. The molecule has 0 bridgehead atoms. The zero-order valence-corrected chi connectivity index (χ0v) is 11.9. The van der Waals surface area contributed by atoms with Gasteiger partial charge in [-0.25, -0.2) is 0 Å². The van der Waals surface area contributed by atoms with Gasteiger partial charge in [0.25, 0.3) is 0 Å². The topological polar surface area (TPSA) is 24.5 Å². The number of rotatable bonds is 8. The molecule has 0 aromatic carbocycles. The summed E-state index contributed by atoms with van der Waals surface area (Å²) in [6, 6.07) is 0. The van der Waals surface area contributed by atoms with Crippen molar-refractivity contribution in [1.29, 1.82) is 0 Å².